The third-order valence-corrected chi connectivity index (χ3v) is 3.32. The number of nitrogens with zero attached hydrogens (tertiary/aromatic N) is 2. The van der Waals surface area contributed by atoms with Gasteiger partial charge in [0.15, 0.2) is 6.29 Å². The van der Waals surface area contributed by atoms with E-state index in [2.05, 4.69) is 10.3 Å². The molecule has 0 aliphatic carbocycles. The summed E-state index contributed by atoms with van der Waals surface area (Å²) in [5, 5.41) is 2.32. The second kappa shape index (κ2) is 4.31. The lowest BCUT2D eigenvalue weighted by Crippen LogP contribution is -2.39. The van der Waals surface area contributed by atoms with Crippen molar-refractivity contribution in [3.63, 3.8) is 0 Å². The van der Waals surface area contributed by atoms with Gasteiger partial charge in [-0.3, -0.25) is 19.7 Å². The molecule has 1 aliphatic heterocycles. The molecule has 0 spiro atoms. The first-order chi connectivity index (χ1) is 9.20. The number of imidazole rings is 1. The fraction of sp³-hybridized carbons (Fsp3) is 0.231. The molecule has 0 aromatic carbocycles. The van der Waals surface area contributed by atoms with E-state index in [0.29, 0.717) is 29.7 Å². The highest BCUT2D eigenvalue weighted by atomic mass is 16.2. The molecular formula is C13H11N3O3. The van der Waals surface area contributed by atoms with Gasteiger partial charge in [-0.15, -0.1) is 0 Å². The summed E-state index contributed by atoms with van der Waals surface area (Å²) in [6.45, 7) is 0. The molecule has 3 heterocycles. The van der Waals surface area contributed by atoms with Crippen molar-refractivity contribution < 1.29 is 14.4 Å². The zero-order valence-corrected chi connectivity index (χ0v) is 10.00. The first-order valence-electron chi connectivity index (χ1n) is 5.95. The SMILES string of the molecule is O=Cc1cccn2c(C3CCC(=O)NC3=O)cnc12. The lowest BCUT2D eigenvalue weighted by Gasteiger charge is -2.20. The topological polar surface area (TPSA) is 80.5 Å². The summed E-state index contributed by atoms with van der Waals surface area (Å²) < 4.78 is 1.73. The molecule has 1 fully saturated rings. The molecule has 0 radical (unpaired) electrons. The van der Waals surface area contributed by atoms with Crippen molar-refractivity contribution in [1.82, 2.24) is 14.7 Å². The van der Waals surface area contributed by atoms with Crippen LogP contribution in [0.15, 0.2) is 24.5 Å². The van der Waals surface area contributed by atoms with E-state index in [4.69, 9.17) is 0 Å². The number of aromatic nitrogens is 2. The molecule has 0 bridgehead atoms. The van der Waals surface area contributed by atoms with Gasteiger partial charge in [0.05, 0.1) is 23.4 Å². The van der Waals surface area contributed by atoms with E-state index in [1.807, 2.05) is 0 Å². The number of fused-ring (bicyclic) bond motifs is 1. The Bertz CT molecular complexity index is 689. The molecule has 0 saturated carbocycles. The summed E-state index contributed by atoms with van der Waals surface area (Å²) in [6.07, 6.45) is 4.86. The summed E-state index contributed by atoms with van der Waals surface area (Å²) in [7, 11) is 0. The van der Waals surface area contributed by atoms with E-state index in [9.17, 15) is 14.4 Å². The standard InChI is InChI=1S/C13H11N3O3/c17-7-8-2-1-5-16-10(6-14-12(8)16)9-3-4-11(18)15-13(9)19/h1-2,5-7,9H,3-4H2,(H,15,18,19). The molecule has 1 aliphatic rings. The van der Waals surface area contributed by atoms with Crippen LogP contribution in [0.25, 0.3) is 5.65 Å². The van der Waals surface area contributed by atoms with Crippen LogP contribution in [-0.4, -0.2) is 27.5 Å². The lowest BCUT2D eigenvalue weighted by atomic mass is 9.95. The first kappa shape index (κ1) is 11.6. The monoisotopic (exact) mass is 257 g/mol. The van der Waals surface area contributed by atoms with E-state index >= 15 is 0 Å². The molecule has 1 N–H and O–H groups in total. The van der Waals surface area contributed by atoms with E-state index in [1.54, 1.807) is 28.9 Å². The predicted molar refractivity (Wildman–Crippen MR) is 65.7 cm³/mol. The summed E-state index contributed by atoms with van der Waals surface area (Å²) >= 11 is 0. The first-order valence-corrected chi connectivity index (χ1v) is 5.95. The van der Waals surface area contributed by atoms with Crippen LogP contribution in [0.5, 0.6) is 0 Å². The Morgan fingerprint density at radius 3 is 3.00 bits per heavy atom. The van der Waals surface area contributed by atoms with Crippen molar-refractivity contribution in [1.29, 1.82) is 0 Å². The molecule has 2 amide bonds. The van der Waals surface area contributed by atoms with Gasteiger partial charge in [-0.25, -0.2) is 4.98 Å². The fourth-order valence-corrected chi connectivity index (χ4v) is 2.38. The van der Waals surface area contributed by atoms with Gasteiger partial charge in [-0.2, -0.15) is 0 Å². The molecule has 1 atom stereocenters. The molecule has 3 rings (SSSR count). The van der Waals surface area contributed by atoms with Crippen LogP contribution >= 0.6 is 0 Å². The number of pyridine rings is 1. The highest BCUT2D eigenvalue weighted by molar-refractivity contribution is 6.00. The summed E-state index contributed by atoms with van der Waals surface area (Å²) in [5.41, 5.74) is 1.70. The van der Waals surface area contributed by atoms with Crippen molar-refractivity contribution in [2.75, 3.05) is 0 Å². The predicted octanol–water partition coefficient (Wildman–Crippen LogP) is 0.667. The van der Waals surface area contributed by atoms with Crippen LogP contribution in [0.4, 0.5) is 0 Å². The number of hydrogen-bond acceptors (Lipinski definition) is 4. The van der Waals surface area contributed by atoms with Crippen LogP contribution in [0, 0.1) is 0 Å². The number of hydrogen-bond donors (Lipinski definition) is 1. The van der Waals surface area contributed by atoms with Gasteiger partial charge in [0.25, 0.3) is 0 Å². The van der Waals surface area contributed by atoms with Crippen molar-refractivity contribution in [3.8, 4) is 0 Å². The number of aldehydes is 1. The largest absolute Gasteiger partial charge is 0.303 e. The van der Waals surface area contributed by atoms with Crippen LogP contribution in [0.1, 0.15) is 34.8 Å². The van der Waals surface area contributed by atoms with Gasteiger partial charge >= 0.3 is 0 Å². The average Bonchev–Trinajstić information content (AvgIpc) is 2.82. The van der Waals surface area contributed by atoms with Gasteiger partial charge in [-0.1, -0.05) is 0 Å². The Morgan fingerprint density at radius 2 is 2.26 bits per heavy atom. The lowest BCUT2D eigenvalue weighted by molar-refractivity contribution is -0.134. The third-order valence-electron chi connectivity index (χ3n) is 3.32. The Morgan fingerprint density at radius 1 is 1.42 bits per heavy atom. The minimum absolute atomic E-state index is 0.247. The maximum atomic E-state index is 11.9. The Balaban J connectivity index is 2.09. The Labute approximate surface area is 108 Å². The Hall–Kier alpha value is -2.50. The number of imide groups is 1. The smallest absolute Gasteiger partial charge is 0.235 e. The normalized spacial score (nSPS) is 19.5. The number of piperidine rings is 1. The number of carbonyl (C=O) groups is 3. The number of carbonyl (C=O) groups excluding carboxylic acids is 3. The molecule has 6 nitrogen and oxygen atoms in total. The van der Waals surface area contributed by atoms with Crippen LogP contribution < -0.4 is 5.32 Å². The number of amides is 2. The zero-order valence-electron chi connectivity index (χ0n) is 10.00. The molecule has 1 saturated heterocycles. The minimum Gasteiger partial charge on any atom is -0.303 e. The van der Waals surface area contributed by atoms with Gasteiger partial charge < -0.3 is 4.40 Å². The summed E-state index contributed by atoms with van der Waals surface area (Å²) in [6, 6.07) is 3.40. The van der Waals surface area contributed by atoms with Crippen molar-refractivity contribution in [3.05, 3.63) is 35.8 Å². The second-order valence-electron chi connectivity index (χ2n) is 4.46. The molecule has 19 heavy (non-hydrogen) atoms. The molecule has 2 aromatic rings. The van der Waals surface area contributed by atoms with Gasteiger partial charge in [-0.05, 0) is 18.6 Å². The van der Waals surface area contributed by atoms with E-state index in [0.717, 1.165) is 6.29 Å². The van der Waals surface area contributed by atoms with Gasteiger partial charge in [0.2, 0.25) is 11.8 Å². The molecule has 2 aromatic heterocycles. The van der Waals surface area contributed by atoms with E-state index in [1.165, 1.54) is 0 Å². The molecular weight excluding hydrogens is 246 g/mol. The highest BCUT2D eigenvalue weighted by Crippen LogP contribution is 2.25. The number of nitrogens with one attached hydrogen (secondary N) is 1. The zero-order chi connectivity index (χ0) is 13.4. The fourth-order valence-electron chi connectivity index (χ4n) is 2.38. The second-order valence-corrected chi connectivity index (χ2v) is 4.46. The molecule has 6 heteroatoms. The van der Waals surface area contributed by atoms with E-state index in [-0.39, 0.29) is 11.8 Å². The third kappa shape index (κ3) is 1.81. The van der Waals surface area contributed by atoms with Crippen molar-refractivity contribution >= 4 is 23.7 Å². The minimum atomic E-state index is -0.408. The van der Waals surface area contributed by atoms with Crippen LogP contribution in [0.2, 0.25) is 0 Å². The van der Waals surface area contributed by atoms with Crippen molar-refractivity contribution in [2.24, 2.45) is 0 Å². The Kier molecular flexibility index (Phi) is 2.63. The van der Waals surface area contributed by atoms with E-state index < -0.39 is 5.92 Å². The summed E-state index contributed by atoms with van der Waals surface area (Å²) in [4.78, 5) is 38.1. The highest BCUT2D eigenvalue weighted by Gasteiger charge is 2.30. The van der Waals surface area contributed by atoms with Crippen molar-refractivity contribution in [2.45, 2.75) is 18.8 Å². The van der Waals surface area contributed by atoms with Gasteiger partial charge in [0.1, 0.15) is 5.65 Å². The van der Waals surface area contributed by atoms with Crippen LogP contribution in [0.3, 0.4) is 0 Å². The van der Waals surface area contributed by atoms with Gasteiger partial charge in [0, 0.05) is 12.6 Å². The molecule has 96 valence electrons. The maximum Gasteiger partial charge on any atom is 0.235 e. The quantitative estimate of drug-likeness (QED) is 0.633. The molecule has 1 unspecified atom stereocenters. The summed E-state index contributed by atoms with van der Waals surface area (Å²) in [5.74, 6) is -0.965. The number of rotatable bonds is 2. The maximum absolute atomic E-state index is 11.9. The average molecular weight is 257 g/mol. The van der Waals surface area contributed by atoms with Crippen LogP contribution in [-0.2, 0) is 9.59 Å².